The average Bonchev–Trinajstić information content (AvgIpc) is 1.88. The first-order valence-electron chi connectivity index (χ1n) is 2.34. The van der Waals surface area contributed by atoms with Crippen LogP contribution >= 0.6 is 11.6 Å². The number of nitrogens with one attached hydrogen (secondary N) is 1. The van der Waals surface area contributed by atoms with Crippen LogP contribution in [-0.2, 0) is 0 Å². The molecule has 1 rings (SSSR count). The topological polar surface area (TPSA) is 45.1 Å². The molecule has 0 saturated heterocycles. The van der Waals surface area contributed by atoms with Crippen molar-refractivity contribution in [1.29, 1.82) is 0 Å². The summed E-state index contributed by atoms with van der Waals surface area (Å²) in [5.74, 6) is 0. The van der Waals surface area contributed by atoms with Crippen LogP contribution < -0.4 is 5.48 Å². The molecule has 0 unspecified atom stereocenters. The molecule has 0 atom stereocenters. The van der Waals surface area contributed by atoms with Gasteiger partial charge in [0.1, 0.15) is 5.15 Å². The summed E-state index contributed by atoms with van der Waals surface area (Å²) in [5.41, 5.74) is 2.48. The summed E-state index contributed by atoms with van der Waals surface area (Å²) < 4.78 is 0. The SMILES string of the molecule is ONc1ccnc(Cl)c1. The molecule has 0 aliphatic carbocycles. The number of nitrogens with zero attached hydrogens (tertiary/aromatic N) is 1. The Balaban J connectivity index is 2.94. The zero-order valence-corrected chi connectivity index (χ0v) is 5.26. The van der Waals surface area contributed by atoms with Gasteiger partial charge in [-0.25, -0.2) is 4.98 Å². The van der Waals surface area contributed by atoms with E-state index in [9.17, 15) is 0 Å². The summed E-state index contributed by atoms with van der Waals surface area (Å²) in [6.07, 6.45) is 1.50. The molecular formula is C5H5ClN2O. The Morgan fingerprint density at radius 2 is 2.44 bits per heavy atom. The lowest BCUT2D eigenvalue weighted by atomic mass is 10.4. The fourth-order valence-corrected chi connectivity index (χ4v) is 0.646. The normalized spacial score (nSPS) is 9.11. The average molecular weight is 145 g/mol. The molecule has 0 radical (unpaired) electrons. The van der Waals surface area contributed by atoms with Gasteiger partial charge in [0.15, 0.2) is 0 Å². The first-order chi connectivity index (χ1) is 4.33. The number of hydrogen-bond acceptors (Lipinski definition) is 3. The lowest BCUT2D eigenvalue weighted by Crippen LogP contribution is -1.88. The van der Waals surface area contributed by atoms with E-state index >= 15 is 0 Å². The predicted molar refractivity (Wildman–Crippen MR) is 34.7 cm³/mol. The van der Waals surface area contributed by atoms with Crippen molar-refractivity contribution in [3.05, 3.63) is 23.5 Å². The zero-order chi connectivity index (χ0) is 6.69. The lowest BCUT2D eigenvalue weighted by molar-refractivity contribution is 0.389. The maximum atomic E-state index is 8.33. The molecule has 0 bridgehead atoms. The predicted octanol–water partition coefficient (Wildman–Crippen LogP) is 1.54. The molecule has 0 aliphatic heterocycles. The van der Waals surface area contributed by atoms with E-state index in [0.29, 0.717) is 10.8 Å². The van der Waals surface area contributed by atoms with Crippen LogP contribution in [0.25, 0.3) is 0 Å². The van der Waals surface area contributed by atoms with Gasteiger partial charge in [0.2, 0.25) is 0 Å². The van der Waals surface area contributed by atoms with Crippen LogP contribution in [0.5, 0.6) is 0 Å². The second kappa shape index (κ2) is 2.66. The van der Waals surface area contributed by atoms with Gasteiger partial charge < -0.3 is 0 Å². The third-order valence-electron chi connectivity index (χ3n) is 0.856. The highest BCUT2D eigenvalue weighted by Gasteiger charge is 1.89. The minimum Gasteiger partial charge on any atom is -0.291 e. The molecule has 1 heterocycles. The molecule has 9 heavy (non-hydrogen) atoms. The molecule has 4 heteroatoms. The summed E-state index contributed by atoms with van der Waals surface area (Å²) in [4.78, 5) is 3.70. The van der Waals surface area contributed by atoms with Crippen LogP contribution in [-0.4, -0.2) is 10.2 Å². The highest BCUT2D eigenvalue weighted by molar-refractivity contribution is 6.29. The van der Waals surface area contributed by atoms with E-state index < -0.39 is 0 Å². The van der Waals surface area contributed by atoms with Gasteiger partial charge in [-0.15, -0.1) is 0 Å². The van der Waals surface area contributed by atoms with E-state index in [1.54, 1.807) is 6.07 Å². The second-order valence-corrected chi connectivity index (χ2v) is 1.87. The summed E-state index contributed by atoms with van der Waals surface area (Å²) in [7, 11) is 0. The molecular weight excluding hydrogens is 140 g/mol. The minimum absolute atomic E-state index is 0.356. The van der Waals surface area contributed by atoms with Crippen LogP contribution in [0.4, 0.5) is 5.69 Å². The van der Waals surface area contributed by atoms with Crippen molar-refractivity contribution in [3.63, 3.8) is 0 Å². The number of anilines is 1. The van der Waals surface area contributed by atoms with E-state index in [1.165, 1.54) is 12.3 Å². The van der Waals surface area contributed by atoms with Gasteiger partial charge in [0, 0.05) is 12.3 Å². The van der Waals surface area contributed by atoms with Crippen LogP contribution in [0.3, 0.4) is 0 Å². The first-order valence-corrected chi connectivity index (χ1v) is 2.72. The third kappa shape index (κ3) is 1.55. The van der Waals surface area contributed by atoms with Crippen molar-refractivity contribution in [2.45, 2.75) is 0 Å². The van der Waals surface area contributed by atoms with Crippen molar-refractivity contribution < 1.29 is 5.21 Å². The zero-order valence-electron chi connectivity index (χ0n) is 4.50. The Morgan fingerprint density at radius 3 is 2.89 bits per heavy atom. The summed E-state index contributed by atoms with van der Waals surface area (Å²) in [6, 6.07) is 3.12. The van der Waals surface area contributed by atoms with Gasteiger partial charge in [0.25, 0.3) is 0 Å². The van der Waals surface area contributed by atoms with Crippen molar-refractivity contribution >= 4 is 17.3 Å². The highest BCUT2D eigenvalue weighted by atomic mass is 35.5. The molecule has 0 spiro atoms. The van der Waals surface area contributed by atoms with Crippen LogP contribution in [0.2, 0.25) is 5.15 Å². The minimum atomic E-state index is 0.356. The van der Waals surface area contributed by atoms with Gasteiger partial charge in [-0.2, -0.15) is 0 Å². The molecule has 0 aliphatic rings. The Kier molecular flexibility index (Phi) is 1.87. The van der Waals surface area contributed by atoms with Crippen LogP contribution in [0.15, 0.2) is 18.3 Å². The fraction of sp³-hybridized carbons (Fsp3) is 0. The van der Waals surface area contributed by atoms with E-state index in [4.69, 9.17) is 16.8 Å². The summed E-state index contributed by atoms with van der Waals surface area (Å²) in [6.45, 7) is 0. The van der Waals surface area contributed by atoms with Gasteiger partial charge in [-0.05, 0) is 6.07 Å². The molecule has 0 saturated carbocycles. The van der Waals surface area contributed by atoms with Gasteiger partial charge in [-0.1, -0.05) is 11.6 Å². The maximum Gasteiger partial charge on any atom is 0.131 e. The van der Waals surface area contributed by atoms with Crippen molar-refractivity contribution in [2.75, 3.05) is 5.48 Å². The van der Waals surface area contributed by atoms with Crippen molar-refractivity contribution in [3.8, 4) is 0 Å². The third-order valence-corrected chi connectivity index (χ3v) is 1.06. The Hall–Kier alpha value is -0.800. The van der Waals surface area contributed by atoms with E-state index in [0.717, 1.165) is 0 Å². The molecule has 3 nitrogen and oxygen atoms in total. The van der Waals surface area contributed by atoms with Gasteiger partial charge >= 0.3 is 0 Å². The molecule has 0 aromatic carbocycles. The van der Waals surface area contributed by atoms with Crippen LogP contribution in [0.1, 0.15) is 0 Å². The fourth-order valence-electron chi connectivity index (χ4n) is 0.472. The van der Waals surface area contributed by atoms with Crippen molar-refractivity contribution in [2.24, 2.45) is 0 Å². The number of rotatable bonds is 1. The Morgan fingerprint density at radius 1 is 1.67 bits per heavy atom. The molecule has 48 valence electrons. The molecule has 0 amide bonds. The number of aromatic nitrogens is 1. The second-order valence-electron chi connectivity index (χ2n) is 1.48. The van der Waals surface area contributed by atoms with E-state index in [2.05, 4.69) is 4.98 Å². The largest absolute Gasteiger partial charge is 0.291 e. The summed E-state index contributed by atoms with van der Waals surface area (Å²) >= 11 is 5.46. The van der Waals surface area contributed by atoms with E-state index in [-0.39, 0.29) is 0 Å². The highest BCUT2D eigenvalue weighted by Crippen LogP contribution is 2.09. The monoisotopic (exact) mass is 144 g/mol. The molecule has 0 fully saturated rings. The smallest absolute Gasteiger partial charge is 0.131 e. The molecule has 1 aromatic rings. The lowest BCUT2D eigenvalue weighted by Gasteiger charge is -1.95. The number of hydrogen-bond donors (Lipinski definition) is 2. The maximum absolute atomic E-state index is 8.33. The van der Waals surface area contributed by atoms with Crippen LogP contribution in [0, 0.1) is 0 Å². The molecule has 1 aromatic heterocycles. The quantitative estimate of drug-likeness (QED) is 0.464. The standard InChI is InChI=1S/C5H5ClN2O/c6-5-3-4(8-9)1-2-7-5/h1-3,9H,(H,7,8). The first kappa shape index (κ1) is 6.32. The Bertz CT molecular complexity index is 204. The van der Waals surface area contributed by atoms with Crippen molar-refractivity contribution in [1.82, 2.24) is 4.98 Å². The Labute approximate surface area is 57.3 Å². The molecule has 2 N–H and O–H groups in total. The van der Waals surface area contributed by atoms with Gasteiger partial charge in [-0.3, -0.25) is 10.7 Å². The number of halogens is 1. The number of pyridine rings is 1. The van der Waals surface area contributed by atoms with E-state index in [1.807, 2.05) is 5.48 Å². The summed E-state index contributed by atoms with van der Waals surface area (Å²) in [5, 5.41) is 8.68. The van der Waals surface area contributed by atoms with Gasteiger partial charge in [0.05, 0.1) is 5.69 Å².